The number of hydrogen-bond acceptors (Lipinski definition) is 6. The van der Waals surface area contributed by atoms with E-state index in [2.05, 4.69) is 20.1 Å². The van der Waals surface area contributed by atoms with E-state index in [1.807, 2.05) is 0 Å². The molecule has 0 aromatic carbocycles. The minimum absolute atomic E-state index is 0.0340. The van der Waals surface area contributed by atoms with Gasteiger partial charge in [-0.25, -0.2) is 4.79 Å². The van der Waals surface area contributed by atoms with E-state index in [9.17, 15) is 9.59 Å². The van der Waals surface area contributed by atoms with Gasteiger partial charge in [0.15, 0.2) is 5.78 Å². The van der Waals surface area contributed by atoms with Gasteiger partial charge in [-0.05, 0) is 32.4 Å². The summed E-state index contributed by atoms with van der Waals surface area (Å²) in [5, 5.41) is 3.41. The summed E-state index contributed by atoms with van der Waals surface area (Å²) in [6.07, 6.45) is 1.22. The maximum atomic E-state index is 12.7. The van der Waals surface area contributed by atoms with Crippen LogP contribution >= 0.6 is 0 Å². The van der Waals surface area contributed by atoms with Crippen LogP contribution in [0.25, 0.3) is 0 Å². The zero-order valence-corrected chi connectivity index (χ0v) is 15.4. The summed E-state index contributed by atoms with van der Waals surface area (Å²) in [7, 11) is 1.36. The highest BCUT2D eigenvalue weighted by Crippen LogP contribution is 2.20. The molecule has 3 rings (SSSR count). The van der Waals surface area contributed by atoms with Crippen LogP contribution in [-0.4, -0.2) is 85.5 Å². The van der Waals surface area contributed by atoms with Crippen molar-refractivity contribution in [3.8, 4) is 0 Å². The van der Waals surface area contributed by atoms with Crippen molar-refractivity contribution in [2.24, 2.45) is 0 Å². The van der Waals surface area contributed by atoms with Crippen LogP contribution in [0.1, 0.15) is 38.5 Å². The number of carbonyl (C=O) groups is 2. The number of aromatic amines is 1. The molecule has 0 radical (unpaired) electrons. The lowest BCUT2D eigenvalue weighted by molar-refractivity contribution is 0.0599. The number of methoxy groups -OCH3 is 1. The van der Waals surface area contributed by atoms with Crippen molar-refractivity contribution >= 4 is 11.8 Å². The summed E-state index contributed by atoms with van der Waals surface area (Å²) >= 11 is 0. The second-order valence-electron chi connectivity index (χ2n) is 7.00. The molecule has 1 aromatic rings. The van der Waals surface area contributed by atoms with Gasteiger partial charge in [-0.3, -0.25) is 14.6 Å². The molecule has 3 heterocycles. The average molecular weight is 348 g/mol. The van der Waals surface area contributed by atoms with Crippen molar-refractivity contribution in [1.29, 1.82) is 0 Å². The zero-order chi connectivity index (χ0) is 18.0. The molecule has 0 amide bonds. The normalized spacial score (nSPS) is 22.3. The first-order chi connectivity index (χ1) is 12.0. The third kappa shape index (κ3) is 3.78. The first-order valence-corrected chi connectivity index (χ1v) is 8.99. The van der Waals surface area contributed by atoms with Crippen molar-refractivity contribution in [2.75, 3.05) is 52.9 Å². The van der Waals surface area contributed by atoms with E-state index in [1.54, 1.807) is 13.8 Å². The minimum atomic E-state index is -0.399. The quantitative estimate of drug-likeness (QED) is 0.599. The number of nitrogens with one attached hydrogen (secondary N) is 2. The molecule has 2 fully saturated rings. The van der Waals surface area contributed by atoms with E-state index >= 15 is 0 Å². The SMILES string of the molecule is COC(=O)c1c(C)[nH]c(C(=O)CN2CCN(C3CCNC3)CC2)c1C. The molecular weight excluding hydrogens is 320 g/mol. The predicted molar refractivity (Wildman–Crippen MR) is 95.2 cm³/mol. The third-order valence-electron chi connectivity index (χ3n) is 5.43. The number of ether oxygens (including phenoxy) is 1. The van der Waals surface area contributed by atoms with Gasteiger partial charge < -0.3 is 15.0 Å². The van der Waals surface area contributed by atoms with E-state index in [4.69, 9.17) is 4.74 Å². The van der Waals surface area contributed by atoms with Crippen LogP contribution in [-0.2, 0) is 4.74 Å². The number of carbonyl (C=O) groups excluding carboxylic acids is 2. The highest BCUT2D eigenvalue weighted by Gasteiger charge is 2.28. The van der Waals surface area contributed by atoms with E-state index in [0.717, 1.165) is 39.3 Å². The molecule has 7 heteroatoms. The number of piperazine rings is 1. The van der Waals surface area contributed by atoms with Crippen LogP contribution in [0.4, 0.5) is 0 Å². The molecule has 0 aliphatic carbocycles. The number of H-pyrrole nitrogens is 1. The molecule has 2 N–H and O–H groups in total. The van der Waals surface area contributed by atoms with Gasteiger partial charge in [-0.2, -0.15) is 0 Å². The Bertz CT molecular complexity index is 641. The Morgan fingerprint density at radius 3 is 2.52 bits per heavy atom. The molecule has 1 aromatic heterocycles. The Hall–Kier alpha value is -1.70. The third-order valence-corrected chi connectivity index (χ3v) is 5.43. The lowest BCUT2D eigenvalue weighted by Crippen LogP contribution is -2.51. The molecule has 0 bridgehead atoms. The lowest BCUT2D eigenvalue weighted by Gasteiger charge is -2.37. The predicted octanol–water partition coefficient (Wildman–Crippen LogP) is 0.580. The summed E-state index contributed by atoms with van der Waals surface area (Å²) in [6, 6.07) is 0.647. The minimum Gasteiger partial charge on any atom is -0.465 e. The maximum Gasteiger partial charge on any atom is 0.339 e. The molecule has 25 heavy (non-hydrogen) atoms. The van der Waals surface area contributed by atoms with Gasteiger partial charge in [0.2, 0.25) is 0 Å². The summed E-state index contributed by atoms with van der Waals surface area (Å²) in [4.78, 5) is 32.4. The maximum absolute atomic E-state index is 12.7. The number of hydrogen-bond donors (Lipinski definition) is 2. The van der Waals surface area contributed by atoms with Crippen LogP contribution in [0.3, 0.4) is 0 Å². The van der Waals surface area contributed by atoms with Crippen LogP contribution in [0.5, 0.6) is 0 Å². The van der Waals surface area contributed by atoms with Crippen molar-refractivity contribution in [1.82, 2.24) is 20.1 Å². The fourth-order valence-corrected chi connectivity index (χ4v) is 3.96. The van der Waals surface area contributed by atoms with Crippen LogP contribution in [0, 0.1) is 13.8 Å². The smallest absolute Gasteiger partial charge is 0.339 e. The standard InChI is InChI=1S/C18H28N4O3/c1-12-16(18(24)25-3)13(2)20-17(12)15(23)11-21-6-8-22(9-7-21)14-4-5-19-10-14/h14,19-20H,4-11H2,1-3H3. The summed E-state index contributed by atoms with van der Waals surface area (Å²) < 4.78 is 4.81. The van der Waals surface area contributed by atoms with Gasteiger partial charge in [0.05, 0.1) is 24.9 Å². The number of aromatic nitrogens is 1. The Labute approximate surface area is 148 Å². The molecule has 0 saturated carbocycles. The van der Waals surface area contributed by atoms with E-state index in [0.29, 0.717) is 35.1 Å². The fourth-order valence-electron chi connectivity index (χ4n) is 3.96. The molecule has 7 nitrogen and oxygen atoms in total. The summed E-state index contributed by atoms with van der Waals surface area (Å²) in [5.74, 6) is -0.365. The highest BCUT2D eigenvalue weighted by molar-refractivity contribution is 6.02. The second kappa shape index (κ2) is 7.68. The second-order valence-corrected chi connectivity index (χ2v) is 7.00. The Morgan fingerprint density at radius 2 is 1.92 bits per heavy atom. The van der Waals surface area contributed by atoms with Gasteiger partial charge in [-0.1, -0.05) is 0 Å². The van der Waals surface area contributed by atoms with Gasteiger partial charge in [-0.15, -0.1) is 0 Å². The Morgan fingerprint density at radius 1 is 1.20 bits per heavy atom. The van der Waals surface area contributed by atoms with Crippen molar-refractivity contribution in [2.45, 2.75) is 26.3 Å². The number of rotatable bonds is 5. The summed E-state index contributed by atoms with van der Waals surface area (Å²) in [5.41, 5.74) is 2.38. The molecular formula is C18H28N4O3. The van der Waals surface area contributed by atoms with Crippen LogP contribution < -0.4 is 5.32 Å². The molecule has 2 aliphatic rings. The van der Waals surface area contributed by atoms with Crippen molar-refractivity contribution in [3.05, 3.63) is 22.5 Å². The molecule has 2 saturated heterocycles. The van der Waals surface area contributed by atoms with E-state index in [1.165, 1.54) is 13.5 Å². The number of ketones is 1. The van der Waals surface area contributed by atoms with Crippen molar-refractivity contribution < 1.29 is 14.3 Å². The monoisotopic (exact) mass is 348 g/mol. The van der Waals surface area contributed by atoms with E-state index < -0.39 is 5.97 Å². The van der Waals surface area contributed by atoms with Gasteiger partial charge >= 0.3 is 5.97 Å². The van der Waals surface area contributed by atoms with Crippen molar-refractivity contribution in [3.63, 3.8) is 0 Å². The first kappa shape index (κ1) is 18.1. The van der Waals surface area contributed by atoms with E-state index in [-0.39, 0.29) is 5.78 Å². The lowest BCUT2D eigenvalue weighted by atomic mass is 10.1. The molecule has 0 spiro atoms. The average Bonchev–Trinajstić information content (AvgIpc) is 3.23. The number of nitrogens with zero attached hydrogens (tertiary/aromatic N) is 2. The van der Waals surface area contributed by atoms with Crippen LogP contribution in [0.2, 0.25) is 0 Å². The topological polar surface area (TPSA) is 77.7 Å². The number of esters is 1. The Kier molecular flexibility index (Phi) is 5.56. The largest absolute Gasteiger partial charge is 0.465 e. The van der Waals surface area contributed by atoms with Gasteiger partial charge in [0.1, 0.15) is 0 Å². The fraction of sp³-hybridized carbons (Fsp3) is 0.667. The zero-order valence-electron chi connectivity index (χ0n) is 15.4. The Balaban J connectivity index is 1.59. The van der Waals surface area contributed by atoms with Gasteiger partial charge in [0, 0.05) is 44.5 Å². The molecule has 2 aliphatic heterocycles. The highest BCUT2D eigenvalue weighted by atomic mass is 16.5. The van der Waals surface area contributed by atoms with Gasteiger partial charge in [0.25, 0.3) is 0 Å². The molecule has 1 atom stereocenters. The number of Topliss-reactive ketones (excluding diaryl/α,β-unsaturated/α-hetero) is 1. The molecule has 1 unspecified atom stereocenters. The first-order valence-electron chi connectivity index (χ1n) is 8.99. The summed E-state index contributed by atoms with van der Waals surface area (Å²) in [6.45, 7) is 10.0. The molecule has 138 valence electrons. The van der Waals surface area contributed by atoms with Crippen LogP contribution in [0.15, 0.2) is 0 Å². The number of aryl methyl sites for hydroxylation is 1.